The van der Waals surface area contributed by atoms with Gasteiger partial charge in [-0.1, -0.05) is 13.8 Å². The Morgan fingerprint density at radius 1 is 1.39 bits per heavy atom. The molecule has 31 heavy (non-hydrogen) atoms. The molecule has 0 radical (unpaired) electrons. The van der Waals surface area contributed by atoms with Gasteiger partial charge < -0.3 is 15.2 Å². The number of hydrogen-bond donors (Lipinski definition) is 3. The van der Waals surface area contributed by atoms with Crippen molar-refractivity contribution in [1.82, 2.24) is 4.98 Å². The largest absolute Gasteiger partial charge is 0.435 e. The minimum absolute atomic E-state index is 0.0467. The van der Waals surface area contributed by atoms with Crippen molar-refractivity contribution in [3.05, 3.63) is 34.5 Å². The molecule has 3 rings (SSSR count). The summed E-state index contributed by atoms with van der Waals surface area (Å²) in [4.78, 5) is 16.6. The first-order valence-corrected chi connectivity index (χ1v) is 11.8. The number of carbonyl (C=O) groups is 1. The average molecular weight is 474 g/mol. The van der Waals surface area contributed by atoms with Crippen LogP contribution in [-0.2, 0) is 16.2 Å². The molecule has 170 valence electrons. The van der Waals surface area contributed by atoms with E-state index >= 15 is 0 Å². The first kappa shape index (κ1) is 23.6. The van der Waals surface area contributed by atoms with Gasteiger partial charge in [-0.25, -0.2) is 14.0 Å². The highest BCUT2D eigenvalue weighted by Crippen LogP contribution is 2.47. The fourth-order valence-electron chi connectivity index (χ4n) is 3.05. The maximum absolute atomic E-state index is 12.7. The third-order valence-corrected chi connectivity index (χ3v) is 7.37. The topological polar surface area (TPSA) is 101 Å². The van der Waals surface area contributed by atoms with E-state index in [-0.39, 0.29) is 21.8 Å². The summed E-state index contributed by atoms with van der Waals surface area (Å²) in [7, 11) is -2.41. The first-order valence-electron chi connectivity index (χ1n) is 9.77. The van der Waals surface area contributed by atoms with Crippen LogP contribution >= 0.6 is 11.3 Å². The zero-order valence-corrected chi connectivity index (χ0v) is 19.3. The van der Waals surface area contributed by atoms with Gasteiger partial charge in [-0.2, -0.15) is 8.78 Å². The van der Waals surface area contributed by atoms with E-state index in [4.69, 9.17) is 0 Å². The molecule has 0 spiro atoms. The summed E-state index contributed by atoms with van der Waals surface area (Å²) in [5, 5.41) is 13.1. The molecule has 1 aromatic carbocycles. The van der Waals surface area contributed by atoms with E-state index in [0.717, 1.165) is 24.2 Å². The number of benzene rings is 1. The molecular weight excluding hydrogens is 448 g/mol. The minimum atomic E-state index is -2.94. The van der Waals surface area contributed by atoms with Crippen LogP contribution in [0.15, 0.2) is 26.9 Å². The fraction of sp³-hybridized carbons (Fsp3) is 0.500. The van der Waals surface area contributed by atoms with E-state index in [9.17, 15) is 22.9 Å². The van der Waals surface area contributed by atoms with Gasteiger partial charge in [0.2, 0.25) is 0 Å². The van der Waals surface area contributed by atoms with Crippen LogP contribution in [0.4, 0.5) is 19.3 Å². The lowest BCUT2D eigenvalue weighted by molar-refractivity contribution is -0.0499. The molecule has 0 bridgehead atoms. The summed E-state index contributed by atoms with van der Waals surface area (Å²) in [6.07, 6.45) is 3.09. The van der Waals surface area contributed by atoms with Crippen LogP contribution in [0.1, 0.15) is 68.5 Å². The highest BCUT2D eigenvalue weighted by Gasteiger charge is 2.30. The van der Waals surface area contributed by atoms with Gasteiger partial charge in [-0.05, 0) is 61.8 Å². The lowest BCUT2D eigenvalue weighted by atomic mass is 9.95. The summed E-state index contributed by atoms with van der Waals surface area (Å²) < 4.78 is 46.6. The molecule has 0 aliphatic heterocycles. The van der Waals surface area contributed by atoms with Crippen molar-refractivity contribution >= 4 is 33.7 Å². The smallest absolute Gasteiger partial charge is 0.387 e. The molecule has 1 unspecified atom stereocenters. The summed E-state index contributed by atoms with van der Waals surface area (Å²) in [5.74, 6) is 0.0997. The molecule has 1 aliphatic rings. The number of alkyl halides is 2. The molecule has 2 aromatic rings. The van der Waals surface area contributed by atoms with Crippen molar-refractivity contribution < 1.29 is 27.6 Å². The van der Waals surface area contributed by atoms with Crippen LogP contribution in [0.5, 0.6) is 5.75 Å². The predicted molar refractivity (Wildman–Crippen MR) is 116 cm³/mol. The highest BCUT2D eigenvalue weighted by molar-refractivity contribution is 7.78. The van der Waals surface area contributed by atoms with Gasteiger partial charge >= 0.3 is 12.6 Å². The number of hydrogen-bond acceptors (Lipinski definition) is 6. The van der Waals surface area contributed by atoms with E-state index in [1.165, 1.54) is 18.3 Å². The molecular formula is C20H25F2N3O4S2. The Kier molecular flexibility index (Phi) is 6.97. The van der Waals surface area contributed by atoms with Gasteiger partial charge in [0.1, 0.15) is 20.6 Å². The van der Waals surface area contributed by atoms with Gasteiger partial charge in [-0.3, -0.25) is 0 Å². The number of ether oxygens (including phenoxy) is 1. The average Bonchev–Trinajstić information content (AvgIpc) is 3.35. The SMILES string of the molecule is CC(C)c1cc(OC(F)F)cc(C2CC2)c1NC(=O)/N=[SH](=O)/c1cnc(C(C)(C)O)s1. The Hall–Kier alpha value is -2.11. The number of thiazole rings is 1. The summed E-state index contributed by atoms with van der Waals surface area (Å²) in [6, 6.07) is 2.20. The Labute approximate surface area is 185 Å². The molecule has 11 heteroatoms. The van der Waals surface area contributed by atoms with Crippen LogP contribution in [0.2, 0.25) is 0 Å². The first-order chi connectivity index (χ1) is 14.5. The Morgan fingerprint density at radius 3 is 2.58 bits per heavy atom. The van der Waals surface area contributed by atoms with Crippen LogP contribution in [-0.4, -0.2) is 26.9 Å². The molecule has 1 fully saturated rings. The molecule has 2 N–H and O–H groups in total. The molecule has 1 heterocycles. The van der Waals surface area contributed by atoms with Gasteiger partial charge in [0, 0.05) is 5.69 Å². The maximum atomic E-state index is 12.7. The van der Waals surface area contributed by atoms with Gasteiger partial charge in [-0.15, -0.1) is 15.7 Å². The van der Waals surface area contributed by atoms with E-state index in [0.29, 0.717) is 21.8 Å². The molecule has 1 saturated carbocycles. The third-order valence-electron chi connectivity index (χ3n) is 4.66. The van der Waals surface area contributed by atoms with E-state index in [1.807, 2.05) is 13.8 Å². The summed E-state index contributed by atoms with van der Waals surface area (Å²) in [6.45, 7) is 3.92. The van der Waals surface area contributed by atoms with Crippen molar-refractivity contribution in [3.8, 4) is 5.75 Å². The Balaban J connectivity index is 1.90. The number of urea groups is 1. The molecule has 1 aromatic heterocycles. The van der Waals surface area contributed by atoms with E-state index < -0.39 is 28.8 Å². The number of nitrogens with zero attached hydrogens (tertiary/aromatic N) is 2. The lowest BCUT2D eigenvalue weighted by Crippen LogP contribution is -2.14. The van der Waals surface area contributed by atoms with Crippen LogP contribution in [0.25, 0.3) is 0 Å². The van der Waals surface area contributed by atoms with Crippen LogP contribution in [0.3, 0.4) is 0 Å². The fourth-order valence-corrected chi connectivity index (χ4v) is 4.87. The maximum Gasteiger partial charge on any atom is 0.387 e. The minimum Gasteiger partial charge on any atom is -0.435 e. The van der Waals surface area contributed by atoms with Gasteiger partial charge in [0.05, 0.1) is 16.8 Å². The number of aromatic nitrogens is 1. The number of halogens is 2. The standard InChI is InChI=1S/C20H25F2N3O4S2/c1-10(2)13-7-12(29-18(21)22)8-14(11-5-6-11)16(13)24-19(26)25-31(28)15-9-23-17(30-15)20(3,4)27/h7-11,18,27,31H,5-6H2,1-4H3,(H,24,26). The summed E-state index contributed by atoms with van der Waals surface area (Å²) >= 11 is 1.02. The molecule has 0 saturated heterocycles. The normalized spacial score (nSPS) is 15.5. The predicted octanol–water partition coefficient (Wildman–Crippen LogP) is 5.23. The molecule has 2 amide bonds. The quantitative estimate of drug-likeness (QED) is 0.478. The van der Waals surface area contributed by atoms with Crippen LogP contribution in [0, 0.1) is 0 Å². The number of nitrogens with one attached hydrogen (secondary N) is 1. The third kappa shape index (κ3) is 5.98. The number of thiol groups is 1. The monoisotopic (exact) mass is 473 g/mol. The van der Waals surface area contributed by atoms with Crippen LogP contribution < -0.4 is 10.1 Å². The van der Waals surface area contributed by atoms with Crippen molar-refractivity contribution in [3.63, 3.8) is 0 Å². The number of carbonyl (C=O) groups excluding carboxylic acids is 1. The number of rotatable bonds is 7. The zero-order valence-electron chi connectivity index (χ0n) is 17.6. The van der Waals surface area contributed by atoms with E-state index in [1.54, 1.807) is 13.8 Å². The van der Waals surface area contributed by atoms with Gasteiger partial charge in [0.15, 0.2) is 0 Å². The van der Waals surface area contributed by atoms with Crippen molar-refractivity contribution in [2.45, 2.75) is 68.8 Å². The Morgan fingerprint density at radius 2 is 2.06 bits per heavy atom. The second-order valence-electron chi connectivity index (χ2n) is 8.15. The molecule has 1 atom stereocenters. The van der Waals surface area contributed by atoms with E-state index in [2.05, 4.69) is 19.4 Å². The Bertz CT molecular complexity index is 1030. The van der Waals surface area contributed by atoms with Crippen molar-refractivity contribution in [2.24, 2.45) is 4.36 Å². The number of amides is 2. The number of aliphatic hydroxyl groups is 1. The highest BCUT2D eigenvalue weighted by atomic mass is 32.2. The van der Waals surface area contributed by atoms with Crippen molar-refractivity contribution in [2.75, 3.05) is 5.32 Å². The summed E-state index contributed by atoms with van der Waals surface area (Å²) in [5.41, 5.74) is 0.663. The lowest BCUT2D eigenvalue weighted by Gasteiger charge is -2.19. The second-order valence-corrected chi connectivity index (χ2v) is 10.7. The molecule has 1 aliphatic carbocycles. The molecule has 7 nitrogen and oxygen atoms in total. The zero-order chi connectivity index (χ0) is 22.9. The van der Waals surface area contributed by atoms with Gasteiger partial charge in [0.25, 0.3) is 0 Å². The van der Waals surface area contributed by atoms with Crippen molar-refractivity contribution in [1.29, 1.82) is 0 Å². The number of anilines is 1. The second kappa shape index (κ2) is 9.17.